The summed E-state index contributed by atoms with van der Waals surface area (Å²) in [4.78, 5) is 19.2. The summed E-state index contributed by atoms with van der Waals surface area (Å²) in [5.74, 6) is 1.09. The van der Waals surface area contributed by atoms with Crippen LogP contribution in [-0.4, -0.2) is 52.8 Å². The van der Waals surface area contributed by atoms with Gasteiger partial charge in [0.25, 0.3) is 0 Å². The second-order valence-electron chi connectivity index (χ2n) is 11.6. The van der Waals surface area contributed by atoms with E-state index in [4.69, 9.17) is 29.4 Å². The first-order valence-electron chi connectivity index (χ1n) is 15.3. The number of ether oxygens (including phenoxy) is 2. The quantitative estimate of drug-likeness (QED) is 0.197. The third-order valence-electron chi connectivity index (χ3n) is 8.54. The van der Waals surface area contributed by atoms with Crippen molar-refractivity contribution in [1.29, 1.82) is 0 Å². The molecule has 6 rings (SSSR count). The molecule has 1 saturated carbocycles. The van der Waals surface area contributed by atoms with Gasteiger partial charge in [-0.2, -0.15) is 0 Å². The van der Waals surface area contributed by atoms with Crippen LogP contribution in [0.3, 0.4) is 0 Å². The standard InChI is InChI=1S/C35H41N7O2/c1-21-12-13-25(40-21)16-36-17-32-34(43-4)41-30(18-38-32)28-10-6-8-26(22(28)2)27-9-7-11-29(23(27)3)31-19-39-33(35(42-31)44-5)20-37-24-14-15-24/h6-11,18-19,24-25,36-37,40H,1,12-17,20H2,2-5H3/t25-/m0/s1. The van der Waals surface area contributed by atoms with E-state index in [1.54, 1.807) is 14.2 Å². The lowest BCUT2D eigenvalue weighted by Crippen LogP contribution is -2.33. The summed E-state index contributed by atoms with van der Waals surface area (Å²) in [6, 6.07) is 13.6. The van der Waals surface area contributed by atoms with Gasteiger partial charge in [-0.3, -0.25) is 9.97 Å². The molecule has 9 nitrogen and oxygen atoms in total. The first-order valence-corrected chi connectivity index (χ1v) is 15.3. The Morgan fingerprint density at radius 1 is 0.795 bits per heavy atom. The van der Waals surface area contributed by atoms with Gasteiger partial charge in [0.1, 0.15) is 11.4 Å². The second-order valence-corrected chi connectivity index (χ2v) is 11.6. The summed E-state index contributed by atoms with van der Waals surface area (Å²) in [6.45, 7) is 10.4. The van der Waals surface area contributed by atoms with Gasteiger partial charge in [-0.1, -0.05) is 43.0 Å². The SMILES string of the molecule is C=C1CC[C@@H](CNCc2ncc(-c3cccc(-c4cccc(-c5cnc(CNC6CC6)c(OC)n5)c4C)c3C)nc2OC)N1. The number of methoxy groups -OCH3 is 2. The lowest BCUT2D eigenvalue weighted by molar-refractivity contribution is 0.386. The van der Waals surface area contributed by atoms with Crippen molar-refractivity contribution < 1.29 is 9.47 Å². The molecule has 3 heterocycles. The number of hydrogen-bond acceptors (Lipinski definition) is 9. The first-order chi connectivity index (χ1) is 21.4. The molecule has 0 spiro atoms. The van der Waals surface area contributed by atoms with Crippen LogP contribution in [0.4, 0.5) is 0 Å². The van der Waals surface area contributed by atoms with Gasteiger partial charge < -0.3 is 25.4 Å². The second kappa shape index (κ2) is 13.1. The minimum Gasteiger partial charge on any atom is -0.480 e. The summed E-state index contributed by atoms with van der Waals surface area (Å²) in [5.41, 5.74) is 10.8. The van der Waals surface area contributed by atoms with E-state index in [9.17, 15) is 0 Å². The van der Waals surface area contributed by atoms with Crippen molar-refractivity contribution in [1.82, 2.24) is 35.9 Å². The molecule has 2 aliphatic rings. The molecule has 228 valence electrons. The van der Waals surface area contributed by atoms with Crippen LogP contribution in [0.2, 0.25) is 0 Å². The van der Waals surface area contributed by atoms with E-state index in [1.165, 1.54) is 12.8 Å². The van der Waals surface area contributed by atoms with Crippen molar-refractivity contribution in [3.8, 4) is 45.4 Å². The number of allylic oxidation sites excluding steroid dienone is 1. The lowest BCUT2D eigenvalue weighted by atomic mass is 9.90. The summed E-state index contributed by atoms with van der Waals surface area (Å²) in [7, 11) is 3.30. The molecule has 0 bridgehead atoms. The Hall–Kier alpha value is -4.34. The number of rotatable bonds is 12. The van der Waals surface area contributed by atoms with Crippen LogP contribution >= 0.6 is 0 Å². The topological polar surface area (TPSA) is 106 Å². The molecule has 9 heteroatoms. The summed E-state index contributed by atoms with van der Waals surface area (Å²) in [6.07, 6.45) is 8.25. The fourth-order valence-corrected chi connectivity index (χ4v) is 5.86. The molecule has 2 fully saturated rings. The Morgan fingerprint density at radius 2 is 1.34 bits per heavy atom. The van der Waals surface area contributed by atoms with E-state index < -0.39 is 0 Å². The molecule has 1 saturated heterocycles. The maximum atomic E-state index is 5.67. The molecule has 2 aromatic heterocycles. The van der Waals surface area contributed by atoms with E-state index in [1.807, 2.05) is 12.4 Å². The molecule has 2 aromatic carbocycles. The number of hydrogen-bond donors (Lipinski definition) is 3. The van der Waals surface area contributed by atoms with Gasteiger partial charge in [0.15, 0.2) is 0 Å². The highest BCUT2D eigenvalue weighted by atomic mass is 16.5. The number of nitrogens with one attached hydrogen (secondary N) is 3. The van der Waals surface area contributed by atoms with Crippen molar-refractivity contribution in [2.45, 2.75) is 64.7 Å². The van der Waals surface area contributed by atoms with Crippen molar-refractivity contribution in [3.05, 3.63) is 83.6 Å². The molecule has 0 amide bonds. The molecule has 44 heavy (non-hydrogen) atoms. The van der Waals surface area contributed by atoms with Crippen molar-refractivity contribution in [3.63, 3.8) is 0 Å². The van der Waals surface area contributed by atoms with Gasteiger partial charge in [0.2, 0.25) is 11.8 Å². The highest BCUT2D eigenvalue weighted by Gasteiger charge is 2.22. The third kappa shape index (κ3) is 6.44. The van der Waals surface area contributed by atoms with Crippen LogP contribution in [-0.2, 0) is 13.1 Å². The van der Waals surface area contributed by atoms with Gasteiger partial charge in [0, 0.05) is 48.5 Å². The molecular weight excluding hydrogens is 550 g/mol. The van der Waals surface area contributed by atoms with E-state index in [-0.39, 0.29) is 0 Å². The third-order valence-corrected chi connectivity index (χ3v) is 8.54. The molecule has 0 unspecified atom stereocenters. The fraction of sp³-hybridized carbons (Fsp3) is 0.371. The van der Waals surface area contributed by atoms with Crippen LogP contribution in [0.15, 0.2) is 61.1 Å². The normalized spacial score (nSPS) is 16.2. The Morgan fingerprint density at radius 3 is 1.84 bits per heavy atom. The van der Waals surface area contributed by atoms with E-state index in [0.29, 0.717) is 36.9 Å². The Balaban J connectivity index is 1.25. The van der Waals surface area contributed by atoms with Crippen LogP contribution < -0.4 is 25.4 Å². The molecule has 1 aliphatic carbocycles. The van der Waals surface area contributed by atoms with Crippen LogP contribution in [0.5, 0.6) is 11.8 Å². The summed E-state index contributed by atoms with van der Waals surface area (Å²) in [5, 5.41) is 10.4. The molecular formula is C35H41N7O2. The van der Waals surface area contributed by atoms with Gasteiger partial charge in [0.05, 0.1) is 38.0 Å². The zero-order valence-electron chi connectivity index (χ0n) is 26.0. The summed E-state index contributed by atoms with van der Waals surface area (Å²) >= 11 is 0. The predicted octanol–water partition coefficient (Wildman–Crippen LogP) is 5.51. The smallest absolute Gasteiger partial charge is 0.237 e. The largest absolute Gasteiger partial charge is 0.480 e. The van der Waals surface area contributed by atoms with Gasteiger partial charge in [-0.15, -0.1) is 0 Å². The zero-order chi connectivity index (χ0) is 30.6. The minimum absolute atomic E-state index is 0.399. The highest BCUT2D eigenvalue weighted by Crippen LogP contribution is 2.37. The van der Waals surface area contributed by atoms with E-state index in [0.717, 1.165) is 81.2 Å². The molecule has 1 aliphatic heterocycles. The van der Waals surface area contributed by atoms with Crippen LogP contribution in [0.25, 0.3) is 33.6 Å². The minimum atomic E-state index is 0.399. The number of aromatic nitrogens is 4. The average Bonchev–Trinajstić information content (AvgIpc) is 3.79. The van der Waals surface area contributed by atoms with E-state index >= 15 is 0 Å². The lowest BCUT2D eigenvalue weighted by Gasteiger charge is -2.17. The molecule has 4 aromatic rings. The Bertz CT molecular complexity index is 1670. The van der Waals surface area contributed by atoms with Crippen molar-refractivity contribution in [2.75, 3.05) is 20.8 Å². The zero-order valence-corrected chi connectivity index (χ0v) is 26.0. The number of nitrogens with zero attached hydrogens (tertiary/aromatic N) is 4. The highest BCUT2D eigenvalue weighted by molar-refractivity contribution is 5.82. The molecule has 0 radical (unpaired) electrons. The first kappa shape index (κ1) is 29.7. The predicted molar refractivity (Wildman–Crippen MR) is 173 cm³/mol. The van der Waals surface area contributed by atoms with E-state index in [2.05, 4.69) is 72.8 Å². The van der Waals surface area contributed by atoms with Crippen molar-refractivity contribution >= 4 is 0 Å². The van der Waals surface area contributed by atoms with Gasteiger partial charge in [-0.05, 0) is 61.8 Å². The monoisotopic (exact) mass is 591 g/mol. The average molecular weight is 592 g/mol. The summed E-state index contributed by atoms with van der Waals surface area (Å²) < 4.78 is 11.3. The van der Waals surface area contributed by atoms with Gasteiger partial charge >= 0.3 is 0 Å². The Labute approximate surface area is 259 Å². The van der Waals surface area contributed by atoms with Crippen LogP contribution in [0.1, 0.15) is 48.2 Å². The maximum absolute atomic E-state index is 5.67. The molecule has 1 atom stereocenters. The molecule has 3 N–H and O–H groups in total. The Kier molecular flexibility index (Phi) is 8.86. The maximum Gasteiger partial charge on any atom is 0.237 e. The van der Waals surface area contributed by atoms with Gasteiger partial charge in [-0.25, -0.2) is 9.97 Å². The number of benzene rings is 2. The van der Waals surface area contributed by atoms with Crippen molar-refractivity contribution in [2.24, 2.45) is 0 Å². The fourth-order valence-electron chi connectivity index (χ4n) is 5.86. The van der Waals surface area contributed by atoms with Crippen LogP contribution in [0, 0.1) is 13.8 Å².